The molecule has 0 spiro atoms. The Morgan fingerprint density at radius 2 is 1.96 bits per heavy atom. The van der Waals surface area contributed by atoms with E-state index in [9.17, 15) is 4.79 Å². The second-order valence-electron chi connectivity index (χ2n) is 5.61. The van der Waals surface area contributed by atoms with Gasteiger partial charge in [0.2, 0.25) is 5.91 Å². The predicted molar refractivity (Wildman–Crippen MR) is 104 cm³/mol. The fourth-order valence-corrected chi connectivity index (χ4v) is 3.27. The van der Waals surface area contributed by atoms with Crippen LogP contribution in [0.3, 0.4) is 0 Å². The van der Waals surface area contributed by atoms with Gasteiger partial charge in [0.1, 0.15) is 5.82 Å². The maximum atomic E-state index is 12.1. The molecule has 0 aliphatic rings. The maximum Gasteiger partial charge on any atom is 0.236 e. The molecule has 0 aliphatic heterocycles. The Balaban J connectivity index is 1.67. The molecule has 0 saturated carbocycles. The van der Waals surface area contributed by atoms with Crippen LogP contribution in [0.1, 0.15) is 12.5 Å². The molecule has 0 bridgehead atoms. The van der Waals surface area contributed by atoms with E-state index in [0.29, 0.717) is 16.0 Å². The number of rotatable bonds is 6. The second kappa shape index (κ2) is 8.33. The summed E-state index contributed by atoms with van der Waals surface area (Å²) >= 11 is 7.13. The van der Waals surface area contributed by atoms with Crippen molar-refractivity contribution in [3.63, 3.8) is 0 Å². The topological polar surface area (TPSA) is 72.7 Å². The number of thioether (sulfide) groups is 1. The Morgan fingerprint density at radius 3 is 2.62 bits per heavy atom. The number of aromatic nitrogens is 4. The van der Waals surface area contributed by atoms with Gasteiger partial charge >= 0.3 is 0 Å². The molecule has 0 radical (unpaired) electrons. The van der Waals surface area contributed by atoms with Crippen LogP contribution in [0.2, 0.25) is 5.02 Å². The summed E-state index contributed by atoms with van der Waals surface area (Å²) in [5, 5.41) is 12.5. The number of anilines is 1. The van der Waals surface area contributed by atoms with Gasteiger partial charge in [-0.15, -0.1) is 10.2 Å². The summed E-state index contributed by atoms with van der Waals surface area (Å²) in [5.41, 5.74) is 2.20. The molecule has 0 atom stereocenters. The van der Waals surface area contributed by atoms with Crippen molar-refractivity contribution < 1.29 is 4.79 Å². The van der Waals surface area contributed by atoms with Crippen molar-refractivity contribution in [3.8, 4) is 11.4 Å². The van der Waals surface area contributed by atoms with Crippen molar-refractivity contribution >= 4 is 35.1 Å². The van der Waals surface area contributed by atoms with E-state index < -0.39 is 0 Å². The van der Waals surface area contributed by atoms with Gasteiger partial charge in [-0.1, -0.05) is 53.2 Å². The standard InChI is InChI=1S/C18H18ClN5OS/c1-3-24-17(13-6-4-12(2)5-7-13)22-23-18(24)26-11-16(25)21-15-9-8-14(19)10-20-15/h4-10H,3,11H2,1-2H3,(H,20,21,25). The van der Waals surface area contributed by atoms with E-state index in [1.807, 2.05) is 42.7 Å². The zero-order chi connectivity index (χ0) is 18.5. The molecule has 2 heterocycles. The molecule has 3 rings (SSSR count). The number of hydrogen-bond donors (Lipinski definition) is 1. The van der Waals surface area contributed by atoms with Gasteiger partial charge in [0, 0.05) is 18.3 Å². The highest BCUT2D eigenvalue weighted by atomic mass is 35.5. The van der Waals surface area contributed by atoms with Crippen LogP contribution >= 0.6 is 23.4 Å². The quantitative estimate of drug-likeness (QED) is 0.646. The zero-order valence-corrected chi connectivity index (χ0v) is 16.0. The molecule has 3 aromatic rings. The van der Waals surface area contributed by atoms with Crippen LogP contribution in [-0.4, -0.2) is 31.4 Å². The molecule has 8 heteroatoms. The average molecular weight is 388 g/mol. The van der Waals surface area contributed by atoms with E-state index >= 15 is 0 Å². The summed E-state index contributed by atoms with van der Waals surface area (Å²) in [6.07, 6.45) is 1.49. The molecule has 1 aromatic carbocycles. The van der Waals surface area contributed by atoms with E-state index in [0.717, 1.165) is 17.9 Å². The third kappa shape index (κ3) is 4.42. The molecule has 0 unspecified atom stereocenters. The number of halogens is 1. The monoisotopic (exact) mass is 387 g/mol. The molecular weight excluding hydrogens is 370 g/mol. The number of nitrogens with zero attached hydrogens (tertiary/aromatic N) is 4. The molecule has 2 aromatic heterocycles. The highest BCUT2D eigenvalue weighted by Crippen LogP contribution is 2.24. The number of carbonyl (C=O) groups excluding carboxylic acids is 1. The lowest BCUT2D eigenvalue weighted by Gasteiger charge is -2.08. The second-order valence-corrected chi connectivity index (χ2v) is 6.99. The van der Waals surface area contributed by atoms with E-state index in [-0.39, 0.29) is 11.7 Å². The first kappa shape index (κ1) is 18.4. The Kier molecular flexibility index (Phi) is 5.90. The van der Waals surface area contributed by atoms with E-state index in [1.165, 1.54) is 23.5 Å². The van der Waals surface area contributed by atoms with Gasteiger partial charge in [0.25, 0.3) is 0 Å². The number of benzene rings is 1. The Hall–Kier alpha value is -2.38. The number of amides is 1. The van der Waals surface area contributed by atoms with E-state index in [4.69, 9.17) is 11.6 Å². The molecule has 1 N–H and O–H groups in total. The van der Waals surface area contributed by atoms with Crippen LogP contribution < -0.4 is 5.32 Å². The largest absolute Gasteiger partial charge is 0.310 e. The van der Waals surface area contributed by atoms with Crippen molar-refractivity contribution in [3.05, 3.63) is 53.2 Å². The minimum atomic E-state index is -0.160. The minimum Gasteiger partial charge on any atom is -0.310 e. The Morgan fingerprint density at radius 1 is 1.19 bits per heavy atom. The van der Waals surface area contributed by atoms with Crippen molar-refractivity contribution in [2.24, 2.45) is 0 Å². The fraction of sp³-hybridized carbons (Fsp3) is 0.222. The van der Waals surface area contributed by atoms with Crippen LogP contribution in [0, 0.1) is 6.92 Å². The third-order valence-corrected chi connectivity index (χ3v) is 4.86. The van der Waals surface area contributed by atoms with Crippen molar-refractivity contribution in [2.75, 3.05) is 11.1 Å². The summed E-state index contributed by atoms with van der Waals surface area (Å²) < 4.78 is 2.00. The van der Waals surface area contributed by atoms with Gasteiger partial charge in [-0.05, 0) is 26.0 Å². The first-order valence-electron chi connectivity index (χ1n) is 8.11. The third-order valence-electron chi connectivity index (χ3n) is 3.67. The smallest absolute Gasteiger partial charge is 0.236 e. The van der Waals surface area contributed by atoms with E-state index in [2.05, 4.69) is 20.5 Å². The highest BCUT2D eigenvalue weighted by molar-refractivity contribution is 7.99. The van der Waals surface area contributed by atoms with Crippen LogP contribution in [0.25, 0.3) is 11.4 Å². The average Bonchev–Trinajstić information content (AvgIpc) is 3.05. The summed E-state index contributed by atoms with van der Waals surface area (Å²) in [6, 6.07) is 11.5. The van der Waals surface area contributed by atoms with Gasteiger partial charge < -0.3 is 9.88 Å². The van der Waals surface area contributed by atoms with Gasteiger partial charge in [-0.3, -0.25) is 4.79 Å². The first-order chi connectivity index (χ1) is 12.6. The molecule has 0 aliphatic carbocycles. The van der Waals surface area contributed by atoms with Crippen LogP contribution in [0.4, 0.5) is 5.82 Å². The lowest BCUT2D eigenvalue weighted by Crippen LogP contribution is -2.15. The molecule has 134 valence electrons. The van der Waals surface area contributed by atoms with Crippen LogP contribution in [0.15, 0.2) is 47.8 Å². The van der Waals surface area contributed by atoms with Crippen molar-refractivity contribution in [1.29, 1.82) is 0 Å². The molecule has 1 amide bonds. The SMILES string of the molecule is CCn1c(SCC(=O)Nc2ccc(Cl)cn2)nnc1-c1ccc(C)cc1. The Labute approximate surface area is 161 Å². The zero-order valence-electron chi connectivity index (χ0n) is 14.4. The summed E-state index contributed by atoms with van der Waals surface area (Å²) in [5.74, 6) is 1.33. The highest BCUT2D eigenvalue weighted by Gasteiger charge is 2.14. The minimum absolute atomic E-state index is 0.160. The summed E-state index contributed by atoms with van der Waals surface area (Å²) in [7, 11) is 0. The van der Waals surface area contributed by atoms with Gasteiger partial charge in [-0.2, -0.15) is 0 Å². The number of aryl methyl sites for hydroxylation is 1. The van der Waals surface area contributed by atoms with E-state index in [1.54, 1.807) is 12.1 Å². The Bertz CT molecular complexity index is 893. The first-order valence-corrected chi connectivity index (χ1v) is 9.47. The summed E-state index contributed by atoms with van der Waals surface area (Å²) in [4.78, 5) is 16.2. The lowest BCUT2D eigenvalue weighted by atomic mass is 10.1. The van der Waals surface area contributed by atoms with Gasteiger partial charge in [0.15, 0.2) is 11.0 Å². The van der Waals surface area contributed by atoms with Gasteiger partial charge in [0.05, 0.1) is 10.8 Å². The maximum absolute atomic E-state index is 12.1. The lowest BCUT2D eigenvalue weighted by molar-refractivity contribution is -0.113. The predicted octanol–water partition coefficient (Wildman–Crippen LogP) is 4.05. The normalized spacial score (nSPS) is 10.7. The number of pyridine rings is 1. The molecule has 0 fully saturated rings. The summed E-state index contributed by atoms with van der Waals surface area (Å²) in [6.45, 7) is 4.80. The fourth-order valence-electron chi connectivity index (χ4n) is 2.36. The number of nitrogens with one attached hydrogen (secondary N) is 1. The van der Waals surface area contributed by atoms with Gasteiger partial charge in [-0.25, -0.2) is 4.98 Å². The van der Waals surface area contributed by atoms with Crippen LogP contribution in [-0.2, 0) is 11.3 Å². The molecule has 0 saturated heterocycles. The molecule has 26 heavy (non-hydrogen) atoms. The van der Waals surface area contributed by atoms with Crippen LogP contribution in [0.5, 0.6) is 0 Å². The number of carbonyl (C=O) groups is 1. The number of hydrogen-bond acceptors (Lipinski definition) is 5. The molecule has 6 nitrogen and oxygen atoms in total. The van der Waals surface area contributed by atoms with Crippen molar-refractivity contribution in [1.82, 2.24) is 19.7 Å². The molecular formula is C18H18ClN5OS. The van der Waals surface area contributed by atoms with Crippen molar-refractivity contribution in [2.45, 2.75) is 25.5 Å².